The van der Waals surface area contributed by atoms with Gasteiger partial charge in [0.2, 0.25) is 0 Å². The molecule has 0 atom stereocenters. The number of benzene rings is 3. The van der Waals surface area contributed by atoms with Crippen LogP contribution in [0.3, 0.4) is 0 Å². The molecule has 2 aromatic heterocycles. The molecule has 30 heavy (non-hydrogen) atoms. The van der Waals surface area contributed by atoms with E-state index in [4.69, 9.17) is 9.97 Å². The molecule has 0 saturated heterocycles. The normalized spacial score (nSPS) is 11.3. The Balaban J connectivity index is 1.61. The summed E-state index contributed by atoms with van der Waals surface area (Å²) in [5.74, 6) is 0. The van der Waals surface area contributed by atoms with Gasteiger partial charge in [0.05, 0.1) is 11.0 Å². The van der Waals surface area contributed by atoms with Crippen molar-refractivity contribution in [3.8, 4) is 22.3 Å². The van der Waals surface area contributed by atoms with Crippen molar-refractivity contribution in [1.82, 2.24) is 9.97 Å². The van der Waals surface area contributed by atoms with E-state index in [-0.39, 0.29) is 0 Å². The maximum atomic E-state index is 4.80. The summed E-state index contributed by atoms with van der Waals surface area (Å²) < 4.78 is 0. The zero-order valence-electron chi connectivity index (χ0n) is 17.8. The fraction of sp³-hybridized carbons (Fsp3) is 0.143. The van der Waals surface area contributed by atoms with Crippen LogP contribution in [-0.2, 0) is 0 Å². The molecule has 5 aromatic rings. The van der Waals surface area contributed by atoms with Gasteiger partial charge in [0.15, 0.2) is 0 Å². The summed E-state index contributed by atoms with van der Waals surface area (Å²) in [5, 5.41) is 2.23. The van der Waals surface area contributed by atoms with E-state index < -0.39 is 0 Å². The highest BCUT2D eigenvalue weighted by atomic mass is 14.7. The Hall–Kier alpha value is -3.52. The molecular weight excluding hydrogens is 364 g/mol. The number of aromatic nitrogens is 2. The van der Waals surface area contributed by atoms with Gasteiger partial charge in [-0.15, -0.1) is 0 Å². The minimum absolute atomic E-state index is 0.951. The largest absolute Gasteiger partial charge is 0.253 e. The standard InChI is InChI=1S/C28H24N2/c1-17-5-7-21(11-19(17)3)25-13-23-9-10-24-14-26(16-30-28(24)27(23)29-15-25)22-8-6-18(2)20(4)12-22/h5-16H,1-4H3. The second-order valence-electron chi connectivity index (χ2n) is 8.26. The second kappa shape index (κ2) is 7.07. The molecule has 0 amide bonds. The number of hydrogen-bond acceptors (Lipinski definition) is 2. The van der Waals surface area contributed by atoms with Gasteiger partial charge in [-0.3, -0.25) is 9.97 Å². The molecule has 2 heterocycles. The molecular formula is C28H24N2. The van der Waals surface area contributed by atoms with E-state index in [1.165, 1.54) is 33.4 Å². The molecule has 2 heteroatoms. The molecule has 0 bridgehead atoms. The first kappa shape index (κ1) is 18.5. The van der Waals surface area contributed by atoms with Gasteiger partial charge >= 0.3 is 0 Å². The Kier molecular flexibility index (Phi) is 4.36. The Morgan fingerprint density at radius 2 is 0.867 bits per heavy atom. The van der Waals surface area contributed by atoms with E-state index in [1.807, 2.05) is 12.4 Å². The fourth-order valence-corrected chi connectivity index (χ4v) is 3.95. The first-order valence-electron chi connectivity index (χ1n) is 10.3. The van der Waals surface area contributed by atoms with Gasteiger partial charge in [-0.2, -0.15) is 0 Å². The molecule has 0 fully saturated rings. The van der Waals surface area contributed by atoms with Crippen molar-refractivity contribution in [2.45, 2.75) is 27.7 Å². The van der Waals surface area contributed by atoms with Gasteiger partial charge in [0.25, 0.3) is 0 Å². The molecule has 0 spiro atoms. The topological polar surface area (TPSA) is 25.8 Å². The first-order chi connectivity index (χ1) is 14.5. The summed E-state index contributed by atoms with van der Waals surface area (Å²) in [6, 6.07) is 21.9. The van der Waals surface area contributed by atoms with Crippen LogP contribution in [0.25, 0.3) is 44.1 Å². The van der Waals surface area contributed by atoms with Crippen molar-refractivity contribution >= 4 is 21.8 Å². The van der Waals surface area contributed by atoms with Gasteiger partial charge in [-0.1, -0.05) is 48.5 Å². The number of nitrogens with zero attached hydrogens (tertiary/aromatic N) is 2. The smallest absolute Gasteiger partial charge is 0.0965 e. The van der Waals surface area contributed by atoms with Crippen LogP contribution in [0.4, 0.5) is 0 Å². The SMILES string of the molecule is Cc1ccc(-c2cnc3c(ccc4cc(-c5ccc(C)c(C)c5)cnc43)c2)cc1C. The van der Waals surface area contributed by atoms with E-state index >= 15 is 0 Å². The zero-order chi connectivity index (χ0) is 20.8. The van der Waals surface area contributed by atoms with Crippen LogP contribution in [0, 0.1) is 27.7 Å². The number of pyridine rings is 2. The Morgan fingerprint density at radius 3 is 1.27 bits per heavy atom. The molecule has 3 aromatic carbocycles. The van der Waals surface area contributed by atoms with E-state index in [0.717, 1.165) is 32.9 Å². The highest BCUT2D eigenvalue weighted by Crippen LogP contribution is 2.30. The van der Waals surface area contributed by atoms with Crippen LogP contribution in [0.15, 0.2) is 73.1 Å². The third kappa shape index (κ3) is 3.15. The van der Waals surface area contributed by atoms with E-state index in [9.17, 15) is 0 Å². The molecule has 0 radical (unpaired) electrons. The van der Waals surface area contributed by atoms with Crippen molar-refractivity contribution in [2.75, 3.05) is 0 Å². The lowest BCUT2D eigenvalue weighted by Gasteiger charge is -2.09. The summed E-state index contributed by atoms with van der Waals surface area (Å²) in [6.07, 6.45) is 3.93. The molecule has 0 aliphatic rings. The van der Waals surface area contributed by atoms with Crippen LogP contribution in [0.1, 0.15) is 22.3 Å². The highest BCUT2D eigenvalue weighted by molar-refractivity contribution is 6.04. The van der Waals surface area contributed by atoms with Gasteiger partial charge in [-0.05, 0) is 73.2 Å². The van der Waals surface area contributed by atoms with Crippen molar-refractivity contribution in [3.63, 3.8) is 0 Å². The predicted octanol–water partition coefficient (Wildman–Crippen LogP) is 7.35. The molecule has 0 N–H and O–H groups in total. The molecule has 0 aliphatic heterocycles. The molecule has 2 nitrogen and oxygen atoms in total. The second-order valence-corrected chi connectivity index (χ2v) is 8.26. The number of aryl methyl sites for hydroxylation is 4. The van der Waals surface area contributed by atoms with Crippen molar-refractivity contribution in [2.24, 2.45) is 0 Å². The number of fused-ring (bicyclic) bond motifs is 3. The maximum Gasteiger partial charge on any atom is 0.0965 e. The summed E-state index contributed by atoms with van der Waals surface area (Å²) >= 11 is 0. The summed E-state index contributed by atoms with van der Waals surface area (Å²) in [5.41, 5.74) is 11.8. The lowest BCUT2D eigenvalue weighted by Crippen LogP contribution is -1.90. The minimum atomic E-state index is 0.951. The van der Waals surface area contributed by atoms with Gasteiger partial charge < -0.3 is 0 Å². The summed E-state index contributed by atoms with van der Waals surface area (Å²) in [7, 11) is 0. The van der Waals surface area contributed by atoms with Crippen LogP contribution < -0.4 is 0 Å². The quantitative estimate of drug-likeness (QED) is 0.295. The van der Waals surface area contributed by atoms with Crippen molar-refractivity contribution < 1.29 is 0 Å². The Bertz CT molecular complexity index is 1320. The van der Waals surface area contributed by atoms with Gasteiger partial charge in [0, 0.05) is 34.3 Å². The maximum absolute atomic E-state index is 4.80. The molecule has 0 saturated carbocycles. The summed E-state index contributed by atoms with van der Waals surface area (Å²) in [4.78, 5) is 9.61. The van der Waals surface area contributed by atoms with Crippen molar-refractivity contribution in [3.05, 3.63) is 95.3 Å². The zero-order valence-corrected chi connectivity index (χ0v) is 17.8. The lowest BCUT2D eigenvalue weighted by atomic mass is 9.99. The molecule has 146 valence electrons. The van der Waals surface area contributed by atoms with Crippen LogP contribution in [0.5, 0.6) is 0 Å². The van der Waals surface area contributed by atoms with E-state index in [0.29, 0.717) is 0 Å². The minimum Gasteiger partial charge on any atom is -0.253 e. The highest BCUT2D eigenvalue weighted by Gasteiger charge is 2.09. The average Bonchev–Trinajstić information content (AvgIpc) is 2.76. The Labute approximate surface area is 177 Å². The Morgan fingerprint density at radius 1 is 0.433 bits per heavy atom. The van der Waals surface area contributed by atoms with Gasteiger partial charge in [-0.25, -0.2) is 0 Å². The third-order valence-corrected chi connectivity index (χ3v) is 6.18. The number of hydrogen-bond donors (Lipinski definition) is 0. The first-order valence-corrected chi connectivity index (χ1v) is 10.3. The monoisotopic (exact) mass is 388 g/mol. The summed E-state index contributed by atoms with van der Waals surface area (Å²) in [6.45, 7) is 8.58. The predicted molar refractivity (Wildman–Crippen MR) is 127 cm³/mol. The molecule has 0 unspecified atom stereocenters. The molecule has 0 aliphatic carbocycles. The van der Waals surface area contributed by atoms with E-state index in [1.54, 1.807) is 0 Å². The van der Waals surface area contributed by atoms with Crippen LogP contribution in [0.2, 0.25) is 0 Å². The fourth-order valence-electron chi connectivity index (χ4n) is 3.95. The van der Waals surface area contributed by atoms with E-state index in [2.05, 4.69) is 88.4 Å². The van der Waals surface area contributed by atoms with Gasteiger partial charge in [0.1, 0.15) is 0 Å². The number of rotatable bonds is 2. The third-order valence-electron chi connectivity index (χ3n) is 6.18. The lowest BCUT2D eigenvalue weighted by molar-refractivity contribution is 1.33. The average molecular weight is 389 g/mol. The van der Waals surface area contributed by atoms with Crippen LogP contribution >= 0.6 is 0 Å². The van der Waals surface area contributed by atoms with Crippen molar-refractivity contribution in [1.29, 1.82) is 0 Å². The van der Waals surface area contributed by atoms with Crippen LogP contribution in [-0.4, -0.2) is 9.97 Å². The molecule has 5 rings (SSSR count).